The van der Waals surface area contributed by atoms with Gasteiger partial charge in [0.25, 0.3) is 0 Å². The molecule has 0 bridgehead atoms. The highest BCUT2D eigenvalue weighted by atomic mass is 15.0. The van der Waals surface area contributed by atoms with E-state index >= 15 is 0 Å². The number of benzene rings is 3. The Balaban J connectivity index is 0.000000217. The molecule has 0 saturated heterocycles. The van der Waals surface area contributed by atoms with Gasteiger partial charge in [-0.25, -0.2) is 9.98 Å². The number of nitrogens with zero attached hydrogens (tertiary/aromatic N) is 4. The summed E-state index contributed by atoms with van der Waals surface area (Å²) < 4.78 is 0. The molecule has 0 saturated carbocycles. The predicted molar refractivity (Wildman–Crippen MR) is 135 cm³/mol. The molecule has 3 aromatic carbocycles. The molecule has 1 aromatic heterocycles. The number of hydrogen-bond donors (Lipinski definition) is 3. The van der Waals surface area contributed by atoms with Crippen LogP contribution in [0.2, 0.25) is 0 Å². The van der Waals surface area contributed by atoms with Crippen molar-refractivity contribution >= 4 is 40.9 Å². The summed E-state index contributed by atoms with van der Waals surface area (Å²) in [6.07, 6.45) is 3.16. The van der Waals surface area contributed by atoms with Gasteiger partial charge in [-0.05, 0) is 55.9 Å². The zero-order valence-electron chi connectivity index (χ0n) is 18.5. The number of anilines is 1. The Morgan fingerprint density at radius 3 is 2.47 bits per heavy atom. The number of aromatic nitrogens is 2. The van der Waals surface area contributed by atoms with Gasteiger partial charge in [0.1, 0.15) is 5.69 Å². The number of aryl methyl sites for hydroxylation is 1. The van der Waals surface area contributed by atoms with Gasteiger partial charge in [0.2, 0.25) is 0 Å². The molecule has 0 aliphatic carbocycles. The van der Waals surface area contributed by atoms with Crippen LogP contribution in [0.5, 0.6) is 0 Å². The molecule has 4 aromatic rings. The van der Waals surface area contributed by atoms with Gasteiger partial charge in [0.15, 0.2) is 5.82 Å². The quantitative estimate of drug-likeness (QED) is 0.393. The number of aromatic amines is 1. The lowest BCUT2D eigenvalue weighted by atomic mass is 10.1. The maximum absolute atomic E-state index is 8.66. The maximum Gasteiger partial charge on any atom is 0.178 e. The fourth-order valence-corrected chi connectivity index (χ4v) is 2.99. The lowest BCUT2D eigenvalue weighted by Gasteiger charge is -2.08. The lowest BCUT2D eigenvalue weighted by molar-refractivity contribution is 1.30. The van der Waals surface area contributed by atoms with E-state index < -0.39 is 0 Å². The number of H-pyrrole nitrogens is 1. The fourth-order valence-electron chi connectivity index (χ4n) is 2.99. The first-order chi connectivity index (χ1) is 15.7. The number of nitriles is 1. The molecule has 1 heterocycles. The molecule has 0 aliphatic rings. The van der Waals surface area contributed by atoms with Crippen LogP contribution in [0.15, 0.2) is 77.0 Å². The van der Waals surface area contributed by atoms with Crippen molar-refractivity contribution in [1.29, 1.82) is 5.26 Å². The first kappa shape index (κ1) is 24.0. The Morgan fingerprint density at radius 1 is 1.09 bits per heavy atom. The Bertz CT molecular complexity index is 1220. The van der Waals surface area contributed by atoms with Crippen LogP contribution in [-0.2, 0) is 0 Å². The van der Waals surface area contributed by atoms with E-state index in [0.29, 0.717) is 17.1 Å². The third-order valence-electron chi connectivity index (χ3n) is 4.52. The van der Waals surface area contributed by atoms with Gasteiger partial charge >= 0.3 is 0 Å². The number of aliphatic imine (C=N–C) groups is 2. The molecule has 4 N–H and O–H groups in total. The zero-order valence-corrected chi connectivity index (χ0v) is 18.5. The smallest absolute Gasteiger partial charge is 0.178 e. The summed E-state index contributed by atoms with van der Waals surface area (Å²) in [5, 5.41) is 14.5. The van der Waals surface area contributed by atoms with Crippen molar-refractivity contribution in [2.75, 3.05) is 19.4 Å². The summed E-state index contributed by atoms with van der Waals surface area (Å²) in [7, 11) is 3.47. The van der Waals surface area contributed by atoms with E-state index in [2.05, 4.69) is 87.1 Å². The number of nitrogens with two attached hydrogens (primary N) is 1. The molecule has 0 radical (unpaired) electrons. The minimum atomic E-state index is 0.516. The number of fused-ring (bicyclic) bond motifs is 1. The van der Waals surface area contributed by atoms with Crippen molar-refractivity contribution in [2.24, 2.45) is 15.7 Å². The average Bonchev–Trinajstić information content (AvgIpc) is 3.32. The van der Waals surface area contributed by atoms with Crippen molar-refractivity contribution in [1.82, 2.24) is 9.97 Å². The minimum Gasteiger partial charge on any atom is -0.387 e. The molecule has 162 valence electrons. The Labute approximate surface area is 188 Å². The monoisotopic (exact) mass is 425 g/mol. The Kier molecular flexibility index (Phi) is 9.31. The highest BCUT2D eigenvalue weighted by Gasteiger charge is 2.01. The van der Waals surface area contributed by atoms with Crippen LogP contribution in [0.25, 0.3) is 10.8 Å². The molecule has 0 amide bonds. The Morgan fingerprint density at radius 2 is 1.81 bits per heavy atom. The number of nitrogens with one attached hydrogen (secondary N) is 2. The van der Waals surface area contributed by atoms with E-state index in [1.165, 1.54) is 35.4 Å². The zero-order chi connectivity index (χ0) is 23.3. The highest BCUT2D eigenvalue weighted by Crippen LogP contribution is 2.26. The minimum absolute atomic E-state index is 0.516. The van der Waals surface area contributed by atoms with E-state index in [4.69, 9.17) is 5.26 Å². The van der Waals surface area contributed by atoms with Crippen LogP contribution >= 0.6 is 0 Å². The predicted octanol–water partition coefficient (Wildman–Crippen LogP) is 5.13. The molecule has 0 aliphatic heterocycles. The van der Waals surface area contributed by atoms with Crippen molar-refractivity contribution in [2.45, 2.75) is 6.92 Å². The van der Waals surface area contributed by atoms with E-state index in [9.17, 15) is 0 Å². The average molecular weight is 426 g/mol. The van der Waals surface area contributed by atoms with E-state index in [1.807, 2.05) is 7.05 Å². The molecule has 0 fully saturated rings. The largest absolute Gasteiger partial charge is 0.387 e. The van der Waals surface area contributed by atoms with Crippen LogP contribution in [0.4, 0.5) is 17.2 Å². The van der Waals surface area contributed by atoms with E-state index in [-0.39, 0.29) is 0 Å². The summed E-state index contributed by atoms with van der Waals surface area (Å²) in [6.45, 7) is 5.53. The van der Waals surface area contributed by atoms with Crippen molar-refractivity contribution in [3.63, 3.8) is 0 Å². The highest BCUT2D eigenvalue weighted by molar-refractivity contribution is 5.95. The normalized spacial score (nSPS) is 9.84. The SMILES string of the molecule is C=Nc1nc[nH]c1C=Nc1ccc(C#N)cc1.CN.CNc1c(C)ccc2ccccc12. The summed E-state index contributed by atoms with van der Waals surface area (Å²) in [5.74, 6) is 0.516. The lowest BCUT2D eigenvalue weighted by Crippen LogP contribution is -1.92. The van der Waals surface area contributed by atoms with Crippen LogP contribution in [0, 0.1) is 18.3 Å². The third kappa shape index (κ3) is 6.11. The van der Waals surface area contributed by atoms with Gasteiger partial charge in [-0.1, -0.05) is 36.4 Å². The molecule has 7 nitrogen and oxygen atoms in total. The standard InChI is InChI=1S/C12H9N5.C12H13N.CH5N/c1-14-12-11(16-8-17-12)7-15-10-4-2-9(6-13)3-5-10;1-9-7-8-10-5-3-4-6-11(10)12(9)13-2;1-2/h2-5,7-8H,1H2,(H,16,17);3-8,13H,1-2H3;2H2,1H3. The van der Waals surface area contributed by atoms with Crippen molar-refractivity contribution in [3.8, 4) is 6.07 Å². The van der Waals surface area contributed by atoms with Gasteiger partial charge < -0.3 is 16.0 Å². The summed E-state index contributed by atoms with van der Waals surface area (Å²) >= 11 is 0. The molecule has 32 heavy (non-hydrogen) atoms. The van der Waals surface area contributed by atoms with E-state index in [1.54, 1.807) is 30.5 Å². The number of rotatable bonds is 4. The Hall–Kier alpha value is -4.28. The molecule has 0 unspecified atom stereocenters. The summed E-state index contributed by atoms with van der Waals surface area (Å²) in [5.41, 5.74) is 9.09. The van der Waals surface area contributed by atoms with Crippen LogP contribution in [0.1, 0.15) is 16.8 Å². The summed E-state index contributed by atoms with van der Waals surface area (Å²) in [6, 6.07) is 21.7. The first-order valence-corrected chi connectivity index (χ1v) is 9.94. The fraction of sp³-hybridized carbons (Fsp3) is 0.120. The maximum atomic E-state index is 8.66. The molecule has 4 rings (SSSR count). The van der Waals surface area contributed by atoms with Crippen molar-refractivity contribution < 1.29 is 0 Å². The number of imidazole rings is 1. The van der Waals surface area contributed by atoms with Crippen LogP contribution in [-0.4, -0.2) is 37.0 Å². The van der Waals surface area contributed by atoms with Gasteiger partial charge in [0.05, 0.1) is 29.9 Å². The van der Waals surface area contributed by atoms with Gasteiger partial charge in [-0.2, -0.15) is 5.26 Å². The molecule has 0 atom stereocenters. The van der Waals surface area contributed by atoms with Crippen molar-refractivity contribution in [3.05, 3.63) is 83.8 Å². The van der Waals surface area contributed by atoms with Crippen LogP contribution in [0.3, 0.4) is 0 Å². The second-order valence-corrected chi connectivity index (χ2v) is 6.44. The molecular formula is C25H27N7. The molecule has 7 heteroatoms. The third-order valence-corrected chi connectivity index (χ3v) is 4.52. The van der Waals surface area contributed by atoms with Gasteiger partial charge in [-0.3, -0.25) is 4.99 Å². The first-order valence-electron chi connectivity index (χ1n) is 9.94. The van der Waals surface area contributed by atoms with E-state index in [0.717, 1.165) is 5.69 Å². The molecule has 0 spiro atoms. The second kappa shape index (κ2) is 12.4. The summed E-state index contributed by atoms with van der Waals surface area (Å²) in [4.78, 5) is 14.8. The number of hydrogen-bond acceptors (Lipinski definition) is 6. The van der Waals surface area contributed by atoms with Gasteiger partial charge in [0, 0.05) is 18.1 Å². The molecular weight excluding hydrogens is 398 g/mol. The van der Waals surface area contributed by atoms with Gasteiger partial charge in [-0.15, -0.1) is 0 Å². The topological polar surface area (TPSA) is 115 Å². The second-order valence-electron chi connectivity index (χ2n) is 6.44. The van der Waals surface area contributed by atoms with Crippen LogP contribution < -0.4 is 11.1 Å².